The molecule has 0 atom stereocenters. The minimum Gasteiger partial charge on any atom is -0.468 e. The molecule has 1 aliphatic rings. The molecule has 0 unspecified atom stereocenters. The molecule has 1 aliphatic carbocycles. The standard InChI is InChI=1S/C22H21FO6S/c1-28-20(24)22(21(25)29-2)12-18(14-4-8-16(23)9-5-14)19(13-22)15-6-10-17(11-7-15)30(3,26)27/h4-11H,12-13H2,1-3H3. The Morgan fingerprint density at radius 2 is 1.23 bits per heavy atom. The number of carbonyl (C=O) groups excluding carboxylic acids is 2. The molecule has 0 fully saturated rings. The van der Waals surface area contributed by atoms with Crippen LogP contribution in [-0.4, -0.2) is 40.8 Å². The van der Waals surface area contributed by atoms with E-state index in [9.17, 15) is 22.4 Å². The van der Waals surface area contributed by atoms with Crippen LogP contribution in [-0.2, 0) is 28.9 Å². The molecule has 6 nitrogen and oxygen atoms in total. The normalized spacial score (nSPS) is 15.7. The van der Waals surface area contributed by atoms with Gasteiger partial charge in [0.25, 0.3) is 0 Å². The average Bonchev–Trinajstić information content (AvgIpc) is 3.14. The van der Waals surface area contributed by atoms with E-state index in [0.717, 1.165) is 6.26 Å². The summed E-state index contributed by atoms with van der Waals surface area (Å²) in [5, 5.41) is 0. The van der Waals surface area contributed by atoms with Gasteiger partial charge in [0.1, 0.15) is 5.82 Å². The molecule has 158 valence electrons. The lowest BCUT2D eigenvalue weighted by Gasteiger charge is -2.23. The molecule has 30 heavy (non-hydrogen) atoms. The first kappa shape index (κ1) is 21.7. The predicted octanol–water partition coefficient (Wildman–Crippen LogP) is 3.27. The van der Waals surface area contributed by atoms with Crippen LogP contribution in [0.25, 0.3) is 11.1 Å². The van der Waals surface area contributed by atoms with Gasteiger partial charge in [0.15, 0.2) is 15.3 Å². The van der Waals surface area contributed by atoms with Gasteiger partial charge in [-0.05, 0) is 46.5 Å². The first-order valence-electron chi connectivity index (χ1n) is 9.07. The number of benzene rings is 2. The number of halogens is 1. The lowest BCUT2D eigenvalue weighted by atomic mass is 9.82. The van der Waals surface area contributed by atoms with Gasteiger partial charge in [0.2, 0.25) is 0 Å². The number of methoxy groups -OCH3 is 2. The molecule has 0 saturated carbocycles. The quantitative estimate of drug-likeness (QED) is 0.532. The monoisotopic (exact) mass is 432 g/mol. The van der Waals surface area contributed by atoms with Crippen LogP contribution in [0.15, 0.2) is 53.4 Å². The van der Waals surface area contributed by atoms with Crippen molar-refractivity contribution in [3.8, 4) is 0 Å². The first-order valence-corrected chi connectivity index (χ1v) is 11.0. The van der Waals surface area contributed by atoms with Crippen LogP contribution < -0.4 is 0 Å². The third kappa shape index (κ3) is 3.87. The zero-order chi connectivity index (χ0) is 22.1. The van der Waals surface area contributed by atoms with Gasteiger partial charge in [-0.25, -0.2) is 12.8 Å². The van der Waals surface area contributed by atoms with Gasteiger partial charge in [-0.15, -0.1) is 0 Å². The Balaban J connectivity index is 2.17. The summed E-state index contributed by atoms with van der Waals surface area (Å²) in [6.45, 7) is 0. The summed E-state index contributed by atoms with van der Waals surface area (Å²) in [5.41, 5.74) is 1.05. The van der Waals surface area contributed by atoms with Gasteiger partial charge in [-0.3, -0.25) is 9.59 Å². The summed E-state index contributed by atoms with van der Waals surface area (Å²) in [5.74, 6) is -1.86. The van der Waals surface area contributed by atoms with Crippen molar-refractivity contribution in [2.45, 2.75) is 17.7 Å². The summed E-state index contributed by atoms with van der Waals surface area (Å²) in [4.78, 5) is 25.4. The predicted molar refractivity (Wildman–Crippen MR) is 108 cm³/mol. The number of hydrogen-bond donors (Lipinski definition) is 0. The van der Waals surface area contributed by atoms with E-state index in [0.29, 0.717) is 22.3 Å². The summed E-state index contributed by atoms with van der Waals surface area (Å²) < 4.78 is 46.8. The second-order valence-electron chi connectivity index (χ2n) is 7.18. The van der Waals surface area contributed by atoms with Crippen molar-refractivity contribution in [3.05, 3.63) is 65.5 Å². The molecular weight excluding hydrogens is 411 g/mol. The van der Waals surface area contributed by atoms with E-state index in [-0.39, 0.29) is 17.7 Å². The number of rotatable bonds is 5. The molecule has 0 spiro atoms. The van der Waals surface area contributed by atoms with E-state index >= 15 is 0 Å². The van der Waals surface area contributed by atoms with Crippen LogP contribution in [0, 0.1) is 11.2 Å². The Hall–Kier alpha value is -3.00. The van der Waals surface area contributed by atoms with E-state index < -0.39 is 33.0 Å². The van der Waals surface area contributed by atoms with Crippen molar-refractivity contribution >= 4 is 32.9 Å². The van der Waals surface area contributed by atoms with Crippen molar-refractivity contribution in [1.82, 2.24) is 0 Å². The number of allylic oxidation sites excluding steroid dienone is 2. The van der Waals surface area contributed by atoms with E-state index in [1.54, 1.807) is 24.3 Å². The summed E-state index contributed by atoms with van der Waals surface area (Å²) in [6, 6.07) is 11.9. The minimum absolute atomic E-state index is 0.0112. The molecule has 0 amide bonds. The molecule has 0 N–H and O–H groups in total. The number of carbonyl (C=O) groups is 2. The highest BCUT2D eigenvalue weighted by Gasteiger charge is 2.53. The van der Waals surface area contributed by atoms with Crippen LogP contribution in [0.2, 0.25) is 0 Å². The van der Waals surface area contributed by atoms with Crippen LogP contribution in [0.4, 0.5) is 4.39 Å². The topological polar surface area (TPSA) is 86.7 Å². The fourth-order valence-electron chi connectivity index (χ4n) is 3.75. The van der Waals surface area contributed by atoms with E-state index in [2.05, 4.69) is 0 Å². The lowest BCUT2D eigenvalue weighted by Crippen LogP contribution is -2.39. The largest absolute Gasteiger partial charge is 0.468 e. The molecular formula is C22H21FO6S. The number of sulfone groups is 1. The fourth-order valence-corrected chi connectivity index (χ4v) is 4.38. The van der Waals surface area contributed by atoms with E-state index in [1.165, 1.54) is 38.5 Å². The molecule has 0 saturated heterocycles. The smallest absolute Gasteiger partial charge is 0.323 e. The zero-order valence-corrected chi connectivity index (χ0v) is 17.6. The lowest BCUT2D eigenvalue weighted by molar-refractivity contribution is -0.167. The maximum atomic E-state index is 13.4. The number of esters is 2. The van der Waals surface area contributed by atoms with Crippen molar-refractivity contribution < 1.29 is 31.9 Å². The molecule has 2 aromatic carbocycles. The number of hydrogen-bond acceptors (Lipinski definition) is 6. The van der Waals surface area contributed by atoms with Crippen LogP contribution in [0.3, 0.4) is 0 Å². The van der Waals surface area contributed by atoms with Gasteiger partial charge in [-0.2, -0.15) is 0 Å². The van der Waals surface area contributed by atoms with Crippen molar-refractivity contribution in [2.24, 2.45) is 5.41 Å². The SMILES string of the molecule is COC(=O)C1(C(=O)OC)CC(c2ccc(F)cc2)=C(c2ccc(S(C)(=O)=O)cc2)C1. The van der Waals surface area contributed by atoms with Gasteiger partial charge in [-0.1, -0.05) is 24.3 Å². The van der Waals surface area contributed by atoms with Gasteiger partial charge in [0, 0.05) is 19.1 Å². The second kappa shape index (κ2) is 8.02. The van der Waals surface area contributed by atoms with E-state index in [4.69, 9.17) is 9.47 Å². The maximum absolute atomic E-state index is 13.4. The number of ether oxygens (including phenoxy) is 2. The third-order valence-corrected chi connectivity index (χ3v) is 6.43. The van der Waals surface area contributed by atoms with Crippen molar-refractivity contribution in [2.75, 3.05) is 20.5 Å². The molecule has 0 aliphatic heterocycles. The first-order chi connectivity index (χ1) is 14.1. The third-order valence-electron chi connectivity index (χ3n) is 5.30. The maximum Gasteiger partial charge on any atom is 0.323 e. The molecule has 0 bridgehead atoms. The minimum atomic E-state index is -3.38. The van der Waals surface area contributed by atoms with Gasteiger partial charge in [0.05, 0.1) is 19.1 Å². The average molecular weight is 432 g/mol. The molecule has 8 heteroatoms. The molecule has 0 aromatic heterocycles. The highest BCUT2D eigenvalue weighted by atomic mass is 32.2. The summed E-state index contributed by atoms with van der Waals surface area (Å²) in [6.07, 6.45) is 1.14. The molecule has 3 rings (SSSR count). The van der Waals surface area contributed by atoms with Crippen molar-refractivity contribution in [3.63, 3.8) is 0 Å². The molecule has 0 radical (unpaired) electrons. The fraction of sp³-hybridized carbons (Fsp3) is 0.273. The van der Waals surface area contributed by atoms with Crippen LogP contribution in [0.1, 0.15) is 24.0 Å². The van der Waals surface area contributed by atoms with Gasteiger partial charge >= 0.3 is 11.9 Å². The summed E-state index contributed by atoms with van der Waals surface area (Å²) >= 11 is 0. The Bertz CT molecular complexity index is 1100. The Morgan fingerprint density at radius 3 is 1.60 bits per heavy atom. The molecule has 2 aromatic rings. The van der Waals surface area contributed by atoms with Crippen LogP contribution in [0.5, 0.6) is 0 Å². The second-order valence-corrected chi connectivity index (χ2v) is 9.20. The van der Waals surface area contributed by atoms with Gasteiger partial charge < -0.3 is 9.47 Å². The van der Waals surface area contributed by atoms with Crippen LogP contribution >= 0.6 is 0 Å². The molecule has 0 heterocycles. The van der Waals surface area contributed by atoms with Crippen molar-refractivity contribution in [1.29, 1.82) is 0 Å². The summed E-state index contributed by atoms with van der Waals surface area (Å²) in [7, 11) is -0.981. The Kier molecular flexibility index (Phi) is 5.81. The highest BCUT2D eigenvalue weighted by Crippen LogP contribution is 2.51. The Labute approximate surface area is 174 Å². The highest BCUT2D eigenvalue weighted by molar-refractivity contribution is 7.90. The zero-order valence-electron chi connectivity index (χ0n) is 16.8. The Morgan fingerprint density at radius 1 is 0.833 bits per heavy atom. The van der Waals surface area contributed by atoms with E-state index in [1.807, 2.05) is 0 Å².